The third-order valence-corrected chi connectivity index (χ3v) is 3.02. The van der Waals surface area contributed by atoms with Gasteiger partial charge in [-0.1, -0.05) is 44.2 Å². The minimum atomic E-state index is -0.885. The lowest BCUT2D eigenvalue weighted by molar-refractivity contribution is -0.126. The summed E-state index contributed by atoms with van der Waals surface area (Å²) in [6.07, 6.45) is -0.141. The van der Waals surface area contributed by atoms with E-state index in [0.29, 0.717) is 6.54 Å². The lowest BCUT2D eigenvalue weighted by Gasteiger charge is -2.26. The Morgan fingerprint density at radius 2 is 1.80 bits per heavy atom. The van der Waals surface area contributed by atoms with Crippen molar-refractivity contribution < 1.29 is 9.59 Å². The molecule has 0 aromatic heterocycles. The van der Waals surface area contributed by atoms with Crippen LogP contribution in [0.3, 0.4) is 0 Å². The first-order valence-electron chi connectivity index (χ1n) is 6.20. The highest BCUT2D eigenvalue weighted by molar-refractivity contribution is 5.87. The molecule has 0 saturated carbocycles. The van der Waals surface area contributed by atoms with Crippen LogP contribution in [0.4, 0.5) is 0 Å². The van der Waals surface area contributed by atoms with Gasteiger partial charge in [-0.3, -0.25) is 9.59 Å². The Labute approximate surface area is 125 Å². The maximum atomic E-state index is 11.7. The lowest BCUT2D eigenvalue weighted by atomic mass is 9.84. The van der Waals surface area contributed by atoms with E-state index in [9.17, 15) is 9.59 Å². The average molecular weight is 300 g/mol. The molecule has 0 fully saturated rings. The summed E-state index contributed by atoms with van der Waals surface area (Å²) in [5.41, 5.74) is 11.5. The minimum Gasteiger partial charge on any atom is -0.370 e. The summed E-state index contributed by atoms with van der Waals surface area (Å²) in [5.74, 6) is -0.937. The fourth-order valence-corrected chi connectivity index (χ4v) is 1.74. The number of carbonyl (C=O) groups is 2. The highest BCUT2D eigenvalue weighted by atomic mass is 35.5. The fraction of sp³-hybridized carbons (Fsp3) is 0.429. The Hall–Kier alpha value is -1.59. The van der Waals surface area contributed by atoms with Crippen molar-refractivity contribution in [2.24, 2.45) is 11.5 Å². The van der Waals surface area contributed by atoms with Crippen LogP contribution in [0.5, 0.6) is 0 Å². The molecule has 6 heteroatoms. The number of amides is 2. The number of nitrogens with one attached hydrogen (secondary N) is 1. The molecular weight excluding hydrogens is 278 g/mol. The van der Waals surface area contributed by atoms with Crippen LogP contribution in [0.25, 0.3) is 0 Å². The molecule has 0 radical (unpaired) electrons. The lowest BCUT2D eigenvalue weighted by Crippen LogP contribution is -2.46. The van der Waals surface area contributed by atoms with Crippen LogP contribution in [-0.4, -0.2) is 24.4 Å². The molecule has 5 N–H and O–H groups in total. The summed E-state index contributed by atoms with van der Waals surface area (Å²) >= 11 is 0. The van der Waals surface area contributed by atoms with Gasteiger partial charge in [-0.05, 0) is 5.56 Å². The van der Waals surface area contributed by atoms with E-state index < -0.39 is 11.9 Å². The zero-order valence-electron chi connectivity index (χ0n) is 11.8. The van der Waals surface area contributed by atoms with Crippen molar-refractivity contribution in [1.29, 1.82) is 0 Å². The predicted molar refractivity (Wildman–Crippen MR) is 81.5 cm³/mol. The fourth-order valence-electron chi connectivity index (χ4n) is 1.74. The molecule has 1 atom stereocenters. The summed E-state index contributed by atoms with van der Waals surface area (Å²) < 4.78 is 0. The smallest absolute Gasteiger partial charge is 0.237 e. The molecule has 0 aliphatic rings. The number of carbonyl (C=O) groups excluding carboxylic acids is 2. The van der Waals surface area contributed by atoms with Crippen LogP contribution >= 0.6 is 12.4 Å². The second-order valence-electron chi connectivity index (χ2n) is 5.24. The normalized spacial score (nSPS) is 12.2. The van der Waals surface area contributed by atoms with Crippen molar-refractivity contribution in [2.45, 2.75) is 31.7 Å². The van der Waals surface area contributed by atoms with Crippen LogP contribution < -0.4 is 16.8 Å². The molecule has 112 valence electrons. The number of halogens is 1. The van der Waals surface area contributed by atoms with E-state index >= 15 is 0 Å². The van der Waals surface area contributed by atoms with Crippen molar-refractivity contribution in [3.05, 3.63) is 35.9 Å². The first-order valence-corrected chi connectivity index (χ1v) is 6.20. The van der Waals surface area contributed by atoms with E-state index in [1.54, 1.807) is 0 Å². The maximum absolute atomic E-state index is 11.7. The number of primary amides is 1. The molecule has 1 aromatic rings. The highest BCUT2D eigenvalue weighted by Gasteiger charge is 2.23. The van der Waals surface area contributed by atoms with Crippen molar-refractivity contribution in [3.8, 4) is 0 Å². The van der Waals surface area contributed by atoms with Gasteiger partial charge < -0.3 is 16.8 Å². The first kappa shape index (κ1) is 18.4. The highest BCUT2D eigenvalue weighted by Crippen LogP contribution is 2.21. The van der Waals surface area contributed by atoms with Gasteiger partial charge in [0, 0.05) is 12.0 Å². The zero-order chi connectivity index (χ0) is 14.5. The quantitative estimate of drug-likeness (QED) is 0.721. The Kier molecular flexibility index (Phi) is 7.24. The molecule has 0 aliphatic carbocycles. The summed E-state index contributed by atoms with van der Waals surface area (Å²) in [5, 5.41) is 2.75. The Balaban J connectivity index is 0.00000361. The zero-order valence-corrected chi connectivity index (χ0v) is 12.6. The largest absolute Gasteiger partial charge is 0.370 e. The van der Waals surface area contributed by atoms with Crippen LogP contribution in [0.15, 0.2) is 30.3 Å². The van der Waals surface area contributed by atoms with Gasteiger partial charge in [-0.25, -0.2) is 0 Å². The van der Waals surface area contributed by atoms with Gasteiger partial charge >= 0.3 is 0 Å². The molecule has 0 heterocycles. The molecule has 1 rings (SSSR count). The predicted octanol–water partition coefficient (Wildman–Crippen LogP) is 0.705. The molecule has 0 aliphatic heterocycles. The molecule has 0 bridgehead atoms. The molecule has 2 amide bonds. The molecule has 0 spiro atoms. The van der Waals surface area contributed by atoms with E-state index in [1.807, 2.05) is 44.2 Å². The minimum absolute atomic E-state index is 0. The Morgan fingerprint density at radius 1 is 1.25 bits per heavy atom. The van der Waals surface area contributed by atoms with Crippen LogP contribution in [-0.2, 0) is 15.0 Å². The van der Waals surface area contributed by atoms with E-state index in [4.69, 9.17) is 11.5 Å². The van der Waals surface area contributed by atoms with E-state index in [1.165, 1.54) is 0 Å². The number of benzene rings is 1. The summed E-state index contributed by atoms with van der Waals surface area (Å²) in [4.78, 5) is 22.4. The van der Waals surface area contributed by atoms with Crippen molar-refractivity contribution >= 4 is 24.2 Å². The summed E-state index contributed by atoms with van der Waals surface area (Å²) in [7, 11) is 0. The van der Waals surface area contributed by atoms with Crippen molar-refractivity contribution in [1.82, 2.24) is 5.32 Å². The van der Waals surface area contributed by atoms with Gasteiger partial charge in [0.15, 0.2) is 0 Å². The van der Waals surface area contributed by atoms with Crippen LogP contribution in [0.1, 0.15) is 25.8 Å². The standard InChI is InChI=1S/C14H21N3O2.ClH/c1-14(2,10-6-4-3-5-7-10)9-17-13(19)11(15)8-12(16)18;/h3-7,11H,8-9,15H2,1-2H3,(H2,16,18)(H,17,19);1H. The SMILES string of the molecule is CC(C)(CNC(=O)C(N)CC(N)=O)c1ccccc1.Cl. The number of hydrogen-bond donors (Lipinski definition) is 3. The molecular formula is C14H22ClN3O2. The van der Waals surface area contributed by atoms with E-state index in [0.717, 1.165) is 5.56 Å². The average Bonchev–Trinajstić information content (AvgIpc) is 2.36. The van der Waals surface area contributed by atoms with Gasteiger partial charge in [-0.2, -0.15) is 0 Å². The summed E-state index contributed by atoms with van der Waals surface area (Å²) in [6, 6.07) is 8.99. The second kappa shape index (κ2) is 7.87. The first-order chi connectivity index (χ1) is 8.83. The van der Waals surface area contributed by atoms with E-state index in [-0.39, 0.29) is 30.2 Å². The monoisotopic (exact) mass is 299 g/mol. The topological polar surface area (TPSA) is 98.2 Å². The molecule has 5 nitrogen and oxygen atoms in total. The number of hydrogen-bond acceptors (Lipinski definition) is 3. The number of rotatable bonds is 6. The Morgan fingerprint density at radius 3 is 2.30 bits per heavy atom. The van der Waals surface area contributed by atoms with Gasteiger partial charge in [-0.15, -0.1) is 12.4 Å². The second-order valence-corrected chi connectivity index (χ2v) is 5.24. The van der Waals surface area contributed by atoms with E-state index in [2.05, 4.69) is 5.32 Å². The van der Waals surface area contributed by atoms with Crippen molar-refractivity contribution in [3.63, 3.8) is 0 Å². The summed E-state index contributed by atoms with van der Waals surface area (Å²) in [6.45, 7) is 4.51. The molecule has 20 heavy (non-hydrogen) atoms. The van der Waals surface area contributed by atoms with Gasteiger partial charge in [0.25, 0.3) is 0 Å². The van der Waals surface area contributed by atoms with Crippen molar-refractivity contribution in [2.75, 3.05) is 6.54 Å². The maximum Gasteiger partial charge on any atom is 0.237 e. The van der Waals surface area contributed by atoms with Gasteiger partial charge in [0.2, 0.25) is 11.8 Å². The molecule has 1 aromatic carbocycles. The van der Waals surface area contributed by atoms with Crippen LogP contribution in [0.2, 0.25) is 0 Å². The molecule has 0 saturated heterocycles. The molecule has 1 unspecified atom stereocenters. The third kappa shape index (κ3) is 5.59. The Bertz CT molecular complexity index is 449. The van der Waals surface area contributed by atoms with Gasteiger partial charge in [0.05, 0.1) is 12.5 Å². The van der Waals surface area contributed by atoms with Gasteiger partial charge in [0.1, 0.15) is 0 Å². The number of nitrogens with two attached hydrogens (primary N) is 2. The van der Waals surface area contributed by atoms with Crippen LogP contribution in [0, 0.1) is 0 Å². The third-order valence-electron chi connectivity index (χ3n) is 3.02.